The molecule has 0 aliphatic rings. The first-order valence-electron chi connectivity index (χ1n) is 10.2. The van der Waals surface area contributed by atoms with Crippen molar-refractivity contribution in [1.29, 1.82) is 0 Å². The Labute approximate surface area is 217 Å². The van der Waals surface area contributed by atoms with Gasteiger partial charge in [0.1, 0.15) is 24.1 Å². The fourth-order valence-corrected chi connectivity index (χ4v) is 3.20. The molecule has 0 fully saturated rings. The van der Waals surface area contributed by atoms with Crippen molar-refractivity contribution in [3.05, 3.63) is 75.6 Å². The maximum atomic E-state index is 14.8. The summed E-state index contributed by atoms with van der Waals surface area (Å²) in [6.07, 6.45) is -15.4. The van der Waals surface area contributed by atoms with Crippen LogP contribution in [0.25, 0.3) is 5.83 Å². The molecule has 2 aromatic carbocycles. The summed E-state index contributed by atoms with van der Waals surface area (Å²) in [5.41, 5.74) is -3.22. The molecule has 1 unspecified atom stereocenters. The van der Waals surface area contributed by atoms with E-state index in [0.717, 1.165) is 0 Å². The van der Waals surface area contributed by atoms with E-state index in [1.165, 1.54) is 5.32 Å². The number of hydrogen-bond acceptors (Lipinski definition) is 2. The molecule has 17 heteroatoms. The van der Waals surface area contributed by atoms with Crippen LogP contribution >= 0.6 is 11.6 Å². The average Bonchev–Trinajstić information content (AvgIpc) is 2.80. The molecular formula is C22H15ClF11N3O2. The second-order valence-corrected chi connectivity index (χ2v) is 8.15. The minimum atomic E-state index is -5.37. The number of nitrogens with one attached hydrogen (secondary N) is 2. The van der Waals surface area contributed by atoms with E-state index in [2.05, 4.69) is 0 Å². The molecule has 0 heterocycles. The molecule has 0 spiro atoms. The molecule has 214 valence electrons. The van der Waals surface area contributed by atoms with Crippen LogP contribution < -0.4 is 10.7 Å². The Morgan fingerprint density at radius 3 is 2.13 bits per heavy atom. The van der Waals surface area contributed by atoms with Gasteiger partial charge in [-0.25, -0.2) is 18.6 Å². The smallest absolute Gasteiger partial charge is 0.327 e. The van der Waals surface area contributed by atoms with Crippen LogP contribution in [0.2, 0.25) is 5.02 Å². The summed E-state index contributed by atoms with van der Waals surface area (Å²) in [5, 5.41) is 0.741. The number of hydrogen-bond donors (Lipinski definition) is 2. The van der Waals surface area contributed by atoms with Gasteiger partial charge in [-0.15, -0.1) is 0 Å². The van der Waals surface area contributed by atoms with Crippen LogP contribution in [0.5, 0.6) is 0 Å². The first-order chi connectivity index (χ1) is 17.7. The third-order valence-electron chi connectivity index (χ3n) is 4.83. The lowest BCUT2D eigenvalue weighted by molar-refractivity contribution is -0.140. The Hall–Kier alpha value is -3.56. The van der Waals surface area contributed by atoms with Gasteiger partial charge in [0.05, 0.1) is 16.1 Å². The molecule has 2 rings (SSSR count). The van der Waals surface area contributed by atoms with Crippen LogP contribution in [0.15, 0.2) is 42.5 Å². The summed E-state index contributed by atoms with van der Waals surface area (Å²) in [4.78, 5) is 23.9. The third kappa shape index (κ3) is 8.73. The molecule has 5 nitrogen and oxygen atoms in total. The van der Waals surface area contributed by atoms with E-state index in [-0.39, 0.29) is 17.2 Å². The number of carbonyl (C=O) groups is 2. The van der Waals surface area contributed by atoms with Crippen molar-refractivity contribution in [2.24, 2.45) is 0 Å². The number of nitrogens with zero attached hydrogens (tertiary/aromatic N) is 1. The van der Waals surface area contributed by atoms with Gasteiger partial charge in [-0.1, -0.05) is 23.7 Å². The van der Waals surface area contributed by atoms with E-state index in [0.29, 0.717) is 37.4 Å². The highest BCUT2D eigenvalue weighted by atomic mass is 35.5. The summed E-state index contributed by atoms with van der Waals surface area (Å²) in [5.74, 6) is -7.27. The molecule has 0 radical (unpaired) electrons. The van der Waals surface area contributed by atoms with Crippen molar-refractivity contribution in [3.8, 4) is 0 Å². The first-order valence-corrected chi connectivity index (χ1v) is 10.6. The lowest BCUT2D eigenvalue weighted by Gasteiger charge is -2.21. The Bertz CT molecular complexity index is 1260. The summed E-state index contributed by atoms with van der Waals surface area (Å²) in [7, 11) is 0.715. The minimum absolute atomic E-state index is 0.0234. The van der Waals surface area contributed by atoms with Gasteiger partial charge in [0.25, 0.3) is 5.91 Å². The highest BCUT2D eigenvalue weighted by molar-refractivity contribution is 6.30. The normalized spacial score (nSPS) is 13.6. The highest BCUT2D eigenvalue weighted by Crippen LogP contribution is 2.40. The van der Waals surface area contributed by atoms with Gasteiger partial charge < -0.3 is 5.32 Å². The maximum absolute atomic E-state index is 14.8. The largest absolute Gasteiger partial charge is 0.417 e. The first kappa shape index (κ1) is 31.7. The number of carbonyl (C=O) groups excluding carboxylic acids is 2. The van der Waals surface area contributed by atoms with Crippen LogP contribution in [-0.4, -0.2) is 42.9 Å². The summed E-state index contributed by atoms with van der Waals surface area (Å²) in [6.45, 7) is -1.82. The summed E-state index contributed by atoms with van der Waals surface area (Å²) in [6, 6.07) is 1.20. The van der Waals surface area contributed by atoms with Crippen LogP contribution in [0, 0.1) is 5.82 Å². The highest BCUT2D eigenvalue weighted by Gasteiger charge is 2.41. The van der Waals surface area contributed by atoms with Crippen molar-refractivity contribution in [2.45, 2.75) is 24.4 Å². The third-order valence-corrected chi connectivity index (χ3v) is 5.12. The van der Waals surface area contributed by atoms with E-state index >= 15 is 0 Å². The Balaban J connectivity index is 2.42. The Kier molecular flexibility index (Phi) is 9.47. The van der Waals surface area contributed by atoms with Gasteiger partial charge >= 0.3 is 24.6 Å². The van der Waals surface area contributed by atoms with E-state index in [9.17, 15) is 57.9 Å². The number of hydrazine groups is 1. The molecule has 0 saturated carbocycles. The van der Waals surface area contributed by atoms with E-state index in [4.69, 9.17) is 11.6 Å². The quantitative estimate of drug-likeness (QED) is 0.288. The SMILES string of the molecule is CN(NC(=O)c1ccc(/C(F)=C/C(c2ccc(F)c(Cl)c2)C(F)(F)F)cc1C(F)(F)F)C(=O)NCC(F)(F)F. The number of benzene rings is 2. The fraction of sp³-hybridized carbons (Fsp3) is 0.273. The number of amides is 3. The minimum Gasteiger partial charge on any atom is -0.327 e. The van der Waals surface area contributed by atoms with Crippen molar-refractivity contribution in [2.75, 3.05) is 13.6 Å². The Morgan fingerprint density at radius 2 is 1.62 bits per heavy atom. The van der Waals surface area contributed by atoms with Gasteiger partial charge in [-0.2, -0.15) is 39.5 Å². The summed E-state index contributed by atoms with van der Waals surface area (Å²) >= 11 is 5.47. The fourth-order valence-electron chi connectivity index (χ4n) is 3.01. The number of halogens is 12. The maximum Gasteiger partial charge on any atom is 0.417 e. The molecule has 1 atom stereocenters. The predicted molar refractivity (Wildman–Crippen MR) is 115 cm³/mol. The van der Waals surface area contributed by atoms with Crippen molar-refractivity contribution >= 4 is 29.4 Å². The van der Waals surface area contributed by atoms with Crippen LogP contribution in [0.1, 0.15) is 33.0 Å². The number of alkyl halides is 9. The van der Waals surface area contributed by atoms with E-state index in [1.54, 1.807) is 5.43 Å². The standard InChI is InChI=1S/C22H15ClF11N3O2/c1-37(19(39)35-9-20(26,27)28)36-18(38)12-4-2-11(6-14(12)22(32,33)34)17(25)8-13(21(29,30)31)10-3-5-16(24)15(23)7-10/h2-8,13H,9H2,1H3,(H,35,39)(H,36,38)/b17-8-. The molecule has 2 aromatic rings. The molecule has 0 bridgehead atoms. The zero-order valence-corrected chi connectivity index (χ0v) is 19.9. The van der Waals surface area contributed by atoms with E-state index < -0.39 is 81.9 Å². The molecule has 3 amide bonds. The summed E-state index contributed by atoms with van der Waals surface area (Å²) < 4.78 is 146. The van der Waals surface area contributed by atoms with Crippen molar-refractivity contribution in [3.63, 3.8) is 0 Å². The van der Waals surface area contributed by atoms with Crippen molar-refractivity contribution in [1.82, 2.24) is 15.8 Å². The van der Waals surface area contributed by atoms with Crippen LogP contribution in [0.3, 0.4) is 0 Å². The van der Waals surface area contributed by atoms with E-state index in [1.807, 2.05) is 0 Å². The molecule has 2 N–H and O–H groups in total. The Morgan fingerprint density at radius 1 is 1.00 bits per heavy atom. The van der Waals surface area contributed by atoms with Crippen molar-refractivity contribution < 1.29 is 57.9 Å². The lowest BCUT2D eigenvalue weighted by Crippen LogP contribution is -2.50. The molecule has 0 aliphatic heterocycles. The monoisotopic (exact) mass is 597 g/mol. The number of allylic oxidation sites excluding steroid dienone is 1. The van der Waals surface area contributed by atoms with Gasteiger partial charge in [0.15, 0.2) is 0 Å². The average molecular weight is 598 g/mol. The second kappa shape index (κ2) is 11.7. The molecule has 0 aromatic heterocycles. The van der Waals surface area contributed by atoms with Gasteiger partial charge in [0, 0.05) is 12.6 Å². The zero-order valence-electron chi connectivity index (χ0n) is 19.1. The van der Waals surface area contributed by atoms with Crippen LogP contribution in [0.4, 0.5) is 53.1 Å². The van der Waals surface area contributed by atoms with Gasteiger partial charge in [0.2, 0.25) is 0 Å². The molecule has 39 heavy (non-hydrogen) atoms. The molecular weight excluding hydrogens is 583 g/mol. The lowest BCUT2D eigenvalue weighted by atomic mass is 9.95. The van der Waals surface area contributed by atoms with Crippen LogP contribution in [-0.2, 0) is 6.18 Å². The van der Waals surface area contributed by atoms with Gasteiger partial charge in [-0.05, 0) is 35.9 Å². The zero-order chi connectivity index (χ0) is 29.9. The topological polar surface area (TPSA) is 61.4 Å². The molecule has 0 aliphatic carbocycles. The van der Waals surface area contributed by atoms with Gasteiger partial charge in [-0.3, -0.25) is 10.2 Å². The number of urea groups is 1. The number of rotatable bonds is 5. The molecule has 0 saturated heterocycles. The second-order valence-electron chi connectivity index (χ2n) is 7.74. The predicted octanol–water partition coefficient (Wildman–Crippen LogP) is 7.00.